The fraction of sp³-hybridized carbons (Fsp3) is 0.846. The van der Waals surface area contributed by atoms with E-state index >= 15 is 0 Å². The van der Waals surface area contributed by atoms with E-state index in [4.69, 9.17) is 5.11 Å². The maximum atomic E-state index is 9.09. The first kappa shape index (κ1) is 12.7. The van der Waals surface area contributed by atoms with Crippen LogP contribution in [0.1, 0.15) is 40.0 Å². The number of hydrogen-bond acceptors (Lipinski definition) is 2. The van der Waals surface area contributed by atoms with Gasteiger partial charge in [-0.3, -0.25) is 0 Å². The molecule has 0 aliphatic heterocycles. The number of hydrogen-bond donors (Lipinski definition) is 2. The Morgan fingerprint density at radius 3 is 2.87 bits per heavy atom. The topological polar surface area (TPSA) is 32.3 Å². The summed E-state index contributed by atoms with van der Waals surface area (Å²) in [4.78, 5) is 0. The Morgan fingerprint density at radius 2 is 2.33 bits per heavy atom. The largest absolute Gasteiger partial charge is 0.395 e. The van der Waals surface area contributed by atoms with Crippen LogP contribution in [0.15, 0.2) is 11.6 Å². The summed E-state index contributed by atoms with van der Waals surface area (Å²) < 4.78 is 0. The van der Waals surface area contributed by atoms with Gasteiger partial charge in [0.25, 0.3) is 0 Å². The lowest BCUT2D eigenvalue weighted by Crippen LogP contribution is -2.36. The maximum Gasteiger partial charge on any atom is 0.0584 e. The highest BCUT2D eigenvalue weighted by Crippen LogP contribution is 2.27. The molecule has 2 unspecified atom stereocenters. The van der Waals surface area contributed by atoms with Crippen molar-refractivity contribution >= 4 is 0 Å². The predicted octanol–water partition coefficient (Wildman–Crippen LogP) is 2.34. The molecular formula is C13H25NO. The molecular weight excluding hydrogens is 186 g/mol. The zero-order chi connectivity index (χ0) is 11.3. The molecule has 0 radical (unpaired) electrons. The van der Waals surface area contributed by atoms with Crippen LogP contribution in [0.2, 0.25) is 0 Å². The summed E-state index contributed by atoms with van der Waals surface area (Å²) in [6.07, 6.45) is 5.90. The fourth-order valence-electron chi connectivity index (χ4n) is 2.51. The molecule has 0 aromatic rings. The number of nitrogens with one attached hydrogen (secondary N) is 1. The Hall–Kier alpha value is -0.340. The molecule has 2 N–H and O–H groups in total. The van der Waals surface area contributed by atoms with Crippen molar-refractivity contribution in [1.82, 2.24) is 5.32 Å². The average molecular weight is 211 g/mol. The Morgan fingerprint density at radius 1 is 1.60 bits per heavy atom. The summed E-state index contributed by atoms with van der Waals surface area (Å²) >= 11 is 0. The van der Waals surface area contributed by atoms with Crippen molar-refractivity contribution in [1.29, 1.82) is 0 Å². The summed E-state index contributed by atoms with van der Waals surface area (Å²) in [6.45, 7) is 7.94. The molecule has 0 bridgehead atoms. The standard InChI is InChI=1S/C13H25NO/c1-4-13(9-15)14-8-12-6-10(2)5-11(3)7-12/h5,10,12-15H,4,6-9H2,1-3H3/t10?,12?,13-/m0/s1. The molecule has 0 saturated carbocycles. The van der Waals surface area contributed by atoms with Crippen molar-refractivity contribution < 1.29 is 5.11 Å². The van der Waals surface area contributed by atoms with E-state index in [1.807, 2.05) is 0 Å². The number of aliphatic hydroxyl groups excluding tert-OH is 1. The van der Waals surface area contributed by atoms with Crippen LogP contribution in [0.3, 0.4) is 0 Å². The lowest BCUT2D eigenvalue weighted by atomic mass is 9.83. The zero-order valence-electron chi connectivity index (χ0n) is 10.3. The lowest BCUT2D eigenvalue weighted by Gasteiger charge is -2.27. The van der Waals surface area contributed by atoms with E-state index in [-0.39, 0.29) is 12.6 Å². The highest BCUT2D eigenvalue weighted by Gasteiger charge is 2.18. The second-order valence-electron chi connectivity index (χ2n) is 4.99. The Bertz CT molecular complexity index is 209. The third-order valence-electron chi connectivity index (χ3n) is 3.29. The molecule has 3 atom stereocenters. The molecule has 0 heterocycles. The van der Waals surface area contributed by atoms with E-state index < -0.39 is 0 Å². The van der Waals surface area contributed by atoms with Crippen LogP contribution >= 0.6 is 0 Å². The van der Waals surface area contributed by atoms with Gasteiger partial charge in [0.15, 0.2) is 0 Å². The third-order valence-corrected chi connectivity index (χ3v) is 3.29. The van der Waals surface area contributed by atoms with Crippen molar-refractivity contribution in [3.05, 3.63) is 11.6 Å². The third kappa shape index (κ3) is 4.35. The highest BCUT2D eigenvalue weighted by molar-refractivity contribution is 5.06. The van der Waals surface area contributed by atoms with Gasteiger partial charge in [-0.2, -0.15) is 0 Å². The van der Waals surface area contributed by atoms with Gasteiger partial charge in [0.1, 0.15) is 0 Å². The molecule has 0 amide bonds. The van der Waals surface area contributed by atoms with Gasteiger partial charge in [0.2, 0.25) is 0 Å². The Labute approximate surface area is 93.8 Å². The predicted molar refractivity (Wildman–Crippen MR) is 64.8 cm³/mol. The molecule has 1 rings (SSSR count). The van der Waals surface area contributed by atoms with Crippen molar-refractivity contribution in [2.24, 2.45) is 11.8 Å². The SMILES string of the molecule is CC[C@@H](CO)NCC1CC(C)=CC(C)C1. The Balaban J connectivity index is 2.31. The van der Waals surface area contributed by atoms with Crippen LogP contribution in [0.4, 0.5) is 0 Å². The van der Waals surface area contributed by atoms with Crippen molar-refractivity contribution in [3.63, 3.8) is 0 Å². The van der Waals surface area contributed by atoms with Gasteiger partial charge in [0.05, 0.1) is 6.61 Å². The molecule has 0 aromatic carbocycles. The van der Waals surface area contributed by atoms with Gasteiger partial charge in [-0.25, -0.2) is 0 Å². The minimum atomic E-state index is 0.258. The summed E-state index contributed by atoms with van der Waals surface area (Å²) in [5.74, 6) is 1.48. The molecule has 2 nitrogen and oxygen atoms in total. The van der Waals surface area contributed by atoms with Gasteiger partial charge in [-0.05, 0) is 44.6 Å². The van der Waals surface area contributed by atoms with Crippen molar-refractivity contribution in [2.75, 3.05) is 13.2 Å². The molecule has 15 heavy (non-hydrogen) atoms. The molecule has 88 valence electrons. The second kappa shape index (κ2) is 6.29. The van der Waals surface area contributed by atoms with Crippen LogP contribution < -0.4 is 5.32 Å². The second-order valence-corrected chi connectivity index (χ2v) is 4.99. The molecule has 0 aromatic heterocycles. The quantitative estimate of drug-likeness (QED) is 0.684. The maximum absolute atomic E-state index is 9.09. The van der Waals surface area contributed by atoms with Crippen LogP contribution in [0.5, 0.6) is 0 Å². The first-order chi connectivity index (χ1) is 7.15. The van der Waals surface area contributed by atoms with Gasteiger partial charge >= 0.3 is 0 Å². The van der Waals surface area contributed by atoms with Crippen LogP contribution in [-0.2, 0) is 0 Å². The first-order valence-corrected chi connectivity index (χ1v) is 6.17. The fourth-order valence-corrected chi connectivity index (χ4v) is 2.51. The van der Waals surface area contributed by atoms with Gasteiger partial charge < -0.3 is 10.4 Å². The number of rotatable bonds is 5. The molecule has 1 aliphatic carbocycles. The van der Waals surface area contributed by atoms with Gasteiger partial charge in [-0.1, -0.05) is 25.5 Å². The number of allylic oxidation sites excluding steroid dienone is 2. The van der Waals surface area contributed by atoms with Crippen molar-refractivity contribution in [3.8, 4) is 0 Å². The molecule has 1 aliphatic rings. The monoisotopic (exact) mass is 211 g/mol. The van der Waals surface area contributed by atoms with E-state index in [9.17, 15) is 0 Å². The highest BCUT2D eigenvalue weighted by atomic mass is 16.3. The molecule has 0 saturated heterocycles. The molecule has 0 spiro atoms. The van der Waals surface area contributed by atoms with Crippen molar-refractivity contribution in [2.45, 2.75) is 46.1 Å². The van der Waals surface area contributed by atoms with E-state index in [0.717, 1.165) is 24.8 Å². The molecule has 2 heteroatoms. The van der Waals surface area contributed by atoms with Gasteiger partial charge in [-0.15, -0.1) is 0 Å². The van der Waals surface area contributed by atoms with Gasteiger partial charge in [0, 0.05) is 6.04 Å². The van der Waals surface area contributed by atoms with E-state index in [1.165, 1.54) is 18.4 Å². The average Bonchev–Trinajstić information content (AvgIpc) is 2.18. The summed E-state index contributed by atoms with van der Waals surface area (Å²) in [6, 6.07) is 0.284. The van der Waals surface area contributed by atoms with Crippen LogP contribution in [0.25, 0.3) is 0 Å². The minimum absolute atomic E-state index is 0.258. The first-order valence-electron chi connectivity index (χ1n) is 6.17. The van der Waals surface area contributed by atoms with E-state index in [1.54, 1.807) is 0 Å². The van der Waals surface area contributed by atoms with E-state index in [2.05, 4.69) is 32.2 Å². The molecule has 0 fully saturated rings. The van der Waals surface area contributed by atoms with Crippen LogP contribution in [0, 0.1) is 11.8 Å². The minimum Gasteiger partial charge on any atom is -0.395 e. The zero-order valence-corrected chi connectivity index (χ0v) is 10.3. The van der Waals surface area contributed by atoms with Crippen LogP contribution in [-0.4, -0.2) is 24.3 Å². The Kier molecular flexibility index (Phi) is 5.34. The van der Waals surface area contributed by atoms with E-state index in [0.29, 0.717) is 0 Å². The summed E-state index contributed by atoms with van der Waals surface area (Å²) in [5, 5.41) is 12.5. The number of aliphatic hydroxyl groups is 1. The lowest BCUT2D eigenvalue weighted by molar-refractivity contribution is 0.229. The summed E-state index contributed by atoms with van der Waals surface area (Å²) in [5.41, 5.74) is 1.53. The summed E-state index contributed by atoms with van der Waals surface area (Å²) in [7, 11) is 0. The smallest absolute Gasteiger partial charge is 0.0584 e. The normalized spacial score (nSPS) is 28.7.